The molecule has 2 N–H and O–H groups in total. The first-order valence-electron chi connectivity index (χ1n) is 9.25. The number of para-hydroxylation sites is 1. The van der Waals surface area contributed by atoms with E-state index in [0.717, 1.165) is 35.5 Å². The van der Waals surface area contributed by atoms with Crippen LogP contribution in [0.4, 0.5) is 0 Å². The van der Waals surface area contributed by atoms with Gasteiger partial charge in [-0.3, -0.25) is 4.99 Å². The Morgan fingerprint density at radius 1 is 1.30 bits per heavy atom. The molecule has 1 aliphatic heterocycles. The van der Waals surface area contributed by atoms with E-state index in [1.165, 1.54) is 0 Å². The Balaban J connectivity index is 0.00000210. The van der Waals surface area contributed by atoms with Gasteiger partial charge in [-0.25, -0.2) is 8.42 Å². The van der Waals surface area contributed by atoms with Crippen LogP contribution < -0.4 is 10.6 Å². The number of sulfone groups is 1. The number of aliphatic imine (C=N–C) groups is 1. The van der Waals surface area contributed by atoms with Gasteiger partial charge in [0.2, 0.25) is 0 Å². The topological polar surface area (TPSA) is 83.7 Å². The fourth-order valence-corrected chi connectivity index (χ4v) is 5.13. The van der Waals surface area contributed by atoms with E-state index in [2.05, 4.69) is 15.6 Å². The minimum absolute atomic E-state index is 0. The van der Waals surface area contributed by atoms with Crippen molar-refractivity contribution in [2.24, 2.45) is 10.9 Å². The molecule has 0 amide bonds. The zero-order valence-electron chi connectivity index (χ0n) is 15.3. The number of hydrogen-bond donors (Lipinski definition) is 2. The van der Waals surface area contributed by atoms with Gasteiger partial charge in [0, 0.05) is 18.0 Å². The number of hydrogen-bond acceptors (Lipinski definition) is 4. The summed E-state index contributed by atoms with van der Waals surface area (Å²) in [5.74, 6) is 2.28. The molecule has 6 nitrogen and oxygen atoms in total. The molecule has 1 aliphatic carbocycles. The molecule has 1 saturated heterocycles. The van der Waals surface area contributed by atoms with Crippen molar-refractivity contribution < 1.29 is 12.8 Å². The summed E-state index contributed by atoms with van der Waals surface area (Å²) in [6, 6.07) is 10.4. The maximum Gasteiger partial charge on any atom is 0.192 e. The second kappa shape index (κ2) is 8.38. The van der Waals surface area contributed by atoms with Crippen LogP contribution in [0.25, 0.3) is 11.0 Å². The minimum Gasteiger partial charge on any atom is -0.459 e. The molecule has 2 atom stereocenters. The highest BCUT2D eigenvalue weighted by Crippen LogP contribution is 2.24. The van der Waals surface area contributed by atoms with Gasteiger partial charge in [0.25, 0.3) is 0 Å². The summed E-state index contributed by atoms with van der Waals surface area (Å²) < 4.78 is 29.2. The van der Waals surface area contributed by atoms with E-state index < -0.39 is 9.84 Å². The van der Waals surface area contributed by atoms with E-state index in [4.69, 9.17) is 4.42 Å². The van der Waals surface area contributed by atoms with E-state index in [1.807, 2.05) is 37.3 Å². The Labute approximate surface area is 177 Å². The monoisotopic (exact) mass is 503 g/mol. The molecule has 2 unspecified atom stereocenters. The number of rotatable bonds is 5. The molecular weight excluding hydrogens is 477 g/mol. The lowest BCUT2D eigenvalue weighted by molar-refractivity contribution is 0.487. The Morgan fingerprint density at radius 3 is 2.74 bits per heavy atom. The fourth-order valence-electron chi connectivity index (χ4n) is 3.28. The molecule has 1 aromatic carbocycles. The Bertz CT molecular complexity index is 888. The van der Waals surface area contributed by atoms with E-state index >= 15 is 0 Å². The van der Waals surface area contributed by atoms with Crippen LogP contribution in [0.15, 0.2) is 39.7 Å². The third-order valence-electron chi connectivity index (χ3n) is 4.98. The molecule has 0 bridgehead atoms. The number of benzene rings is 1. The van der Waals surface area contributed by atoms with Gasteiger partial charge < -0.3 is 15.1 Å². The van der Waals surface area contributed by atoms with Gasteiger partial charge in [-0.1, -0.05) is 18.2 Å². The van der Waals surface area contributed by atoms with Crippen molar-refractivity contribution in [3.63, 3.8) is 0 Å². The number of nitrogens with one attached hydrogen (secondary N) is 2. The zero-order valence-corrected chi connectivity index (χ0v) is 18.5. The highest BCUT2D eigenvalue weighted by molar-refractivity contribution is 14.0. The lowest BCUT2D eigenvalue weighted by atomic mass is 10.1. The SMILES string of the molecule is CC(NC(=NCC1CCS(=O)(=O)C1)NC1CC1)c1cc2ccccc2o1.I. The van der Waals surface area contributed by atoms with Crippen molar-refractivity contribution in [2.75, 3.05) is 18.1 Å². The van der Waals surface area contributed by atoms with Gasteiger partial charge in [-0.2, -0.15) is 0 Å². The van der Waals surface area contributed by atoms with Crippen LogP contribution in [0.3, 0.4) is 0 Å². The Kier molecular flexibility index (Phi) is 6.35. The Morgan fingerprint density at radius 2 is 2.07 bits per heavy atom. The third kappa shape index (κ3) is 5.37. The molecule has 0 spiro atoms. The lowest BCUT2D eigenvalue weighted by Gasteiger charge is -2.17. The summed E-state index contributed by atoms with van der Waals surface area (Å²) in [5.41, 5.74) is 0.876. The highest BCUT2D eigenvalue weighted by atomic mass is 127. The first-order chi connectivity index (χ1) is 12.5. The first-order valence-corrected chi connectivity index (χ1v) is 11.1. The maximum absolute atomic E-state index is 11.6. The molecule has 1 aromatic heterocycles. The van der Waals surface area contributed by atoms with Gasteiger partial charge >= 0.3 is 0 Å². The number of nitrogens with zero attached hydrogens (tertiary/aromatic N) is 1. The minimum atomic E-state index is -2.86. The molecule has 2 fully saturated rings. The van der Waals surface area contributed by atoms with Gasteiger partial charge in [-0.15, -0.1) is 24.0 Å². The Hall–Kier alpha value is -1.29. The van der Waals surface area contributed by atoms with E-state index in [0.29, 0.717) is 24.8 Å². The van der Waals surface area contributed by atoms with E-state index in [1.54, 1.807) is 0 Å². The lowest BCUT2D eigenvalue weighted by Crippen LogP contribution is -2.40. The van der Waals surface area contributed by atoms with Gasteiger partial charge in [0.05, 0.1) is 17.5 Å². The van der Waals surface area contributed by atoms with Gasteiger partial charge in [-0.05, 0) is 44.2 Å². The molecule has 8 heteroatoms. The molecule has 27 heavy (non-hydrogen) atoms. The van der Waals surface area contributed by atoms with E-state index in [-0.39, 0.29) is 41.7 Å². The van der Waals surface area contributed by atoms with E-state index in [9.17, 15) is 8.42 Å². The van der Waals surface area contributed by atoms with Crippen molar-refractivity contribution in [2.45, 2.75) is 38.3 Å². The number of fused-ring (bicyclic) bond motifs is 1. The van der Waals surface area contributed by atoms with Crippen LogP contribution in [0, 0.1) is 5.92 Å². The smallest absolute Gasteiger partial charge is 0.192 e. The van der Waals surface area contributed by atoms with Crippen molar-refractivity contribution in [1.29, 1.82) is 0 Å². The summed E-state index contributed by atoms with van der Waals surface area (Å²) in [6.45, 7) is 2.58. The highest BCUT2D eigenvalue weighted by Gasteiger charge is 2.28. The summed E-state index contributed by atoms with van der Waals surface area (Å²) >= 11 is 0. The second-order valence-electron chi connectivity index (χ2n) is 7.43. The van der Waals surface area contributed by atoms with Crippen LogP contribution in [-0.4, -0.2) is 38.5 Å². The van der Waals surface area contributed by atoms with Crippen molar-refractivity contribution in [1.82, 2.24) is 10.6 Å². The van der Waals surface area contributed by atoms with Crippen LogP contribution in [-0.2, 0) is 9.84 Å². The largest absolute Gasteiger partial charge is 0.459 e. The summed E-state index contributed by atoms with van der Waals surface area (Å²) in [6.07, 6.45) is 3.01. The summed E-state index contributed by atoms with van der Waals surface area (Å²) in [7, 11) is -2.86. The average Bonchev–Trinajstić information content (AvgIpc) is 3.19. The molecule has 4 rings (SSSR count). The summed E-state index contributed by atoms with van der Waals surface area (Å²) in [4.78, 5) is 4.66. The van der Waals surface area contributed by atoms with Crippen molar-refractivity contribution in [3.05, 3.63) is 36.1 Å². The average molecular weight is 503 g/mol. The molecule has 0 radical (unpaired) electrons. The quantitative estimate of drug-likeness (QED) is 0.372. The van der Waals surface area contributed by atoms with Crippen LogP contribution in [0.2, 0.25) is 0 Å². The van der Waals surface area contributed by atoms with Crippen LogP contribution in [0.5, 0.6) is 0 Å². The second-order valence-corrected chi connectivity index (χ2v) is 9.66. The third-order valence-corrected chi connectivity index (χ3v) is 6.81. The molecule has 2 aromatic rings. The maximum atomic E-state index is 11.6. The number of furan rings is 1. The zero-order chi connectivity index (χ0) is 18.1. The standard InChI is InChI=1S/C19H25N3O3S.HI/c1-13(18-10-15-4-2-3-5-17(15)25-18)21-19(22-16-6-7-16)20-11-14-8-9-26(23,24)12-14;/h2-5,10,13-14,16H,6-9,11-12H2,1H3,(H2,20,21,22);1H. The predicted molar refractivity (Wildman–Crippen MR) is 118 cm³/mol. The first kappa shape index (κ1) is 20.4. The number of halogens is 1. The van der Waals surface area contributed by atoms with Crippen LogP contribution >= 0.6 is 24.0 Å². The van der Waals surface area contributed by atoms with Crippen LogP contribution in [0.1, 0.15) is 38.0 Å². The normalized spacial score (nSPS) is 23.0. The molecule has 148 valence electrons. The fraction of sp³-hybridized carbons (Fsp3) is 0.526. The molecule has 2 heterocycles. The molecule has 2 aliphatic rings. The van der Waals surface area contributed by atoms with Crippen molar-refractivity contribution >= 4 is 50.7 Å². The number of guanidine groups is 1. The molecular formula is C19H26IN3O3S. The van der Waals surface area contributed by atoms with Crippen molar-refractivity contribution in [3.8, 4) is 0 Å². The van der Waals surface area contributed by atoms with Gasteiger partial charge in [0.15, 0.2) is 15.8 Å². The summed E-state index contributed by atoms with van der Waals surface area (Å²) in [5, 5.41) is 7.91. The molecule has 1 saturated carbocycles. The predicted octanol–water partition coefficient (Wildman–Crippen LogP) is 3.24. The van der Waals surface area contributed by atoms with Gasteiger partial charge in [0.1, 0.15) is 11.3 Å².